The Kier molecular flexibility index (Phi) is 4.98. The van der Waals surface area contributed by atoms with E-state index in [0.29, 0.717) is 16.7 Å². The average molecular weight is 467 g/mol. The van der Waals surface area contributed by atoms with Gasteiger partial charge >= 0.3 is 0 Å². The first-order valence-corrected chi connectivity index (χ1v) is 10.9. The van der Waals surface area contributed by atoms with Crippen molar-refractivity contribution in [1.82, 2.24) is 19.3 Å². The van der Waals surface area contributed by atoms with E-state index in [0.717, 1.165) is 30.2 Å². The first kappa shape index (κ1) is 19.2. The van der Waals surface area contributed by atoms with Crippen molar-refractivity contribution in [3.05, 3.63) is 75.4 Å². The number of halogens is 2. The van der Waals surface area contributed by atoms with Crippen LogP contribution in [0.15, 0.2) is 64.0 Å². The van der Waals surface area contributed by atoms with Gasteiger partial charge in [-0.15, -0.1) is 0 Å². The van der Waals surface area contributed by atoms with E-state index < -0.39 is 5.82 Å². The van der Waals surface area contributed by atoms with Crippen molar-refractivity contribution in [2.75, 3.05) is 0 Å². The minimum atomic E-state index is -0.429. The van der Waals surface area contributed by atoms with Gasteiger partial charge in [-0.3, -0.25) is 14.0 Å². The van der Waals surface area contributed by atoms with E-state index in [4.69, 9.17) is 0 Å². The summed E-state index contributed by atoms with van der Waals surface area (Å²) in [4.78, 5) is 18.2. The molecule has 7 heteroatoms. The highest BCUT2D eigenvalue weighted by Gasteiger charge is 2.22. The highest BCUT2D eigenvalue weighted by molar-refractivity contribution is 9.10. The van der Waals surface area contributed by atoms with E-state index >= 15 is 0 Å². The third-order valence-electron chi connectivity index (χ3n) is 5.72. The summed E-state index contributed by atoms with van der Waals surface area (Å²) in [6, 6.07) is 14.0. The minimum absolute atomic E-state index is 0.248. The SMILES string of the molecule is O=c1c2cn(C3CCCCC3)nc2nc(-c2ccccc2F)n1-c1ccc(Br)cc1. The normalized spacial score (nSPS) is 15.0. The molecule has 0 unspecified atom stereocenters. The van der Waals surface area contributed by atoms with Crippen LogP contribution in [0.25, 0.3) is 28.1 Å². The molecule has 0 spiro atoms. The van der Waals surface area contributed by atoms with Crippen LogP contribution in [0.1, 0.15) is 38.1 Å². The summed E-state index contributed by atoms with van der Waals surface area (Å²) in [7, 11) is 0. The molecule has 30 heavy (non-hydrogen) atoms. The molecule has 2 aromatic heterocycles. The van der Waals surface area contributed by atoms with Gasteiger partial charge in [-0.25, -0.2) is 9.37 Å². The number of aromatic nitrogens is 4. The Morgan fingerprint density at radius 3 is 2.47 bits per heavy atom. The summed E-state index contributed by atoms with van der Waals surface area (Å²) in [6.07, 6.45) is 7.48. The number of rotatable bonds is 3. The second-order valence-electron chi connectivity index (χ2n) is 7.67. The summed E-state index contributed by atoms with van der Waals surface area (Å²) in [5.41, 5.74) is 1.01. The summed E-state index contributed by atoms with van der Waals surface area (Å²) in [6.45, 7) is 0. The van der Waals surface area contributed by atoms with Crippen molar-refractivity contribution >= 4 is 27.0 Å². The largest absolute Gasteiger partial charge is 0.269 e. The topological polar surface area (TPSA) is 52.7 Å². The number of hydrogen-bond acceptors (Lipinski definition) is 3. The van der Waals surface area contributed by atoms with Crippen molar-refractivity contribution in [1.29, 1.82) is 0 Å². The Morgan fingerprint density at radius 1 is 1.00 bits per heavy atom. The molecule has 5 nitrogen and oxygen atoms in total. The van der Waals surface area contributed by atoms with Gasteiger partial charge in [0.2, 0.25) is 0 Å². The van der Waals surface area contributed by atoms with Gasteiger partial charge in [0.1, 0.15) is 11.2 Å². The summed E-state index contributed by atoms with van der Waals surface area (Å²) < 4.78 is 18.9. The maximum Gasteiger partial charge on any atom is 0.269 e. The van der Waals surface area contributed by atoms with Crippen LogP contribution in [0.3, 0.4) is 0 Å². The monoisotopic (exact) mass is 466 g/mol. The molecule has 152 valence electrons. The Labute approximate surface area is 181 Å². The summed E-state index contributed by atoms with van der Waals surface area (Å²) in [5.74, 6) is -0.178. The summed E-state index contributed by atoms with van der Waals surface area (Å²) >= 11 is 3.42. The smallest absolute Gasteiger partial charge is 0.268 e. The number of hydrogen-bond donors (Lipinski definition) is 0. The Hall–Kier alpha value is -2.80. The molecule has 0 atom stereocenters. The fraction of sp³-hybridized carbons (Fsp3) is 0.261. The molecule has 1 aliphatic carbocycles. The second kappa shape index (κ2) is 7.80. The predicted octanol–water partition coefficient (Wildman–Crippen LogP) is 5.66. The average Bonchev–Trinajstić information content (AvgIpc) is 3.20. The van der Waals surface area contributed by atoms with Crippen molar-refractivity contribution in [3.63, 3.8) is 0 Å². The molecule has 1 aliphatic rings. The molecule has 0 aliphatic heterocycles. The molecular formula is C23H20BrFN4O. The minimum Gasteiger partial charge on any atom is -0.268 e. The van der Waals surface area contributed by atoms with Crippen LogP contribution in [-0.2, 0) is 0 Å². The van der Waals surface area contributed by atoms with Gasteiger partial charge in [-0.05, 0) is 49.2 Å². The maximum absolute atomic E-state index is 14.7. The fourth-order valence-corrected chi connectivity index (χ4v) is 4.43. The van der Waals surface area contributed by atoms with Crippen molar-refractivity contribution < 1.29 is 4.39 Å². The van der Waals surface area contributed by atoms with Gasteiger partial charge in [0.15, 0.2) is 11.5 Å². The van der Waals surface area contributed by atoms with E-state index in [-0.39, 0.29) is 23.0 Å². The maximum atomic E-state index is 14.7. The van der Waals surface area contributed by atoms with Crippen LogP contribution in [-0.4, -0.2) is 19.3 Å². The van der Waals surface area contributed by atoms with Gasteiger partial charge < -0.3 is 0 Å². The van der Waals surface area contributed by atoms with E-state index in [1.807, 2.05) is 28.9 Å². The molecule has 1 saturated carbocycles. The van der Waals surface area contributed by atoms with E-state index in [2.05, 4.69) is 26.0 Å². The highest BCUT2D eigenvalue weighted by Crippen LogP contribution is 2.29. The van der Waals surface area contributed by atoms with Crippen LogP contribution in [0, 0.1) is 5.82 Å². The molecule has 1 fully saturated rings. The lowest BCUT2D eigenvalue weighted by Gasteiger charge is -2.21. The molecule has 4 aromatic rings. The fourth-order valence-electron chi connectivity index (χ4n) is 4.17. The number of benzene rings is 2. The van der Waals surface area contributed by atoms with E-state index in [9.17, 15) is 9.18 Å². The third-order valence-corrected chi connectivity index (χ3v) is 6.25. The Balaban J connectivity index is 1.77. The molecule has 0 saturated heterocycles. The first-order chi connectivity index (χ1) is 14.6. The van der Waals surface area contributed by atoms with Crippen molar-refractivity contribution in [3.8, 4) is 17.1 Å². The van der Waals surface area contributed by atoms with E-state index in [1.54, 1.807) is 24.4 Å². The second-order valence-corrected chi connectivity index (χ2v) is 8.59. The molecular weight excluding hydrogens is 447 g/mol. The predicted molar refractivity (Wildman–Crippen MR) is 118 cm³/mol. The van der Waals surface area contributed by atoms with Crippen molar-refractivity contribution in [2.24, 2.45) is 0 Å². The number of nitrogens with zero attached hydrogens (tertiary/aromatic N) is 4. The zero-order chi connectivity index (χ0) is 20.7. The highest BCUT2D eigenvalue weighted by atomic mass is 79.9. The van der Waals surface area contributed by atoms with Crippen LogP contribution in [0.5, 0.6) is 0 Å². The number of fused-ring (bicyclic) bond motifs is 1. The zero-order valence-corrected chi connectivity index (χ0v) is 17.8. The lowest BCUT2D eigenvalue weighted by Crippen LogP contribution is -2.21. The standard InChI is InChI=1S/C23H20BrFN4O/c24-15-10-12-17(13-11-15)29-22(18-8-4-5-9-20(18)25)26-21-19(23(29)30)14-28(27-21)16-6-2-1-3-7-16/h4-5,8-14,16H,1-3,6-7H2. The van der Waals surface area contributed by atoms with E-state index in [1.165, 1.54) is 17.1 Å². The molecule has 2 aromatic carbocycles. The van der Waals surface area contributed by atoms with Crippen LogP contribution >= 0.6 is 15.9 Å². The quantitative estimate of drug-likeness (QED) is 0.391. The van der Waals surface area contributed by atoms with Gasteiger partial charge in [0, 0.05) is 10.7 Å². The van der Waals surface area contributed by atoms with Crippen LogP contribution in [0.2, 0.25) is 0 Å². The Bertz CT molecular complexity index is 1270. The Morgan fingerprint density at radius 2 is 1.73 bits per heavy atom. The van der Waals surface area contributed by atoms with Gasteiger partial charge in [-0.2, -0.15) is 5.10 Å². The molecule has 0 N–H and O–H groups in total. The van der Waals surface area contributed by atoms with Crippen molar-refractivity contribution in [2.45, 2.75) is 38.1 Å². The van der Waals surface area contributed by atoms with Crippen LogP contribution < -0.4 is 5.56 Å². The van der Waals surface area contributed by atoms with Crippen LogP contribution in [0.4, 0.5) is 4.39 Å². The van der Waals surface area contributed by atoms with Gasteiger partial charge in [-0.1, -0.05) is 47.3 Å². The third kappa shape index (κ3) is 3.37. The first-order valence-electron chi connectivity index (χ1n) is 10.1. The lowest BCUT2D eigenvalue weighted by atomic mass is 9.96. The lowest BCUT2D eigenvalue weighted by molar-refractivity contribution is 0.331. The molecule has 0 bridgehead atoms. The molecule has 5 rings (SSSR count). The zero-order valence-electron chi connectivity index (χ0n) is 16.3. The van der Waals surface area contributed by atoms with Gasteiger partial charge in [0.05, 0.1) is 17.3 Å². The molecule has 0 radical (unpaired) electrons. The molecule has 2 heterocycles. The van der Waals surface area contributed by atoms with Gasteiger partial charge in [0.25, 0.3) is 5.56 Å². The summed E-state index contributed by atoms with van der Waals surface area (Å²) in [5, 5.41) is 5.07. The molecule has 0 amide bonds.